The first kappa shape index (κ1) is 8.10. The molecule has 0 aromatic heterocycles. The number of hydrogen-bond donors (Lipinski definition) is 2. The quantitative estimate of drug-likeness (QED) is 0.511. The van der Waals surface area contributed by atoms with Crippen molar-refractivity contribution in [3.63, 3.8) is 0 Å². The Bertz CT molecular complexity index is 201. The molecule has 0 saturated carbocycles. The van der Waals surface area contributed by atoms with E-state index >= 15 is 0 Å². The number of amides is 1. The van der Waals surface area contributed by atoms with Gasteiger partial charge in [0, 0.05) is 0 Å². The molecule has 5 nitrogen and oxygen atoms in total. The predicted molar refractivity (Wildman–Crippen MR) is 36.4 cm³/mol. The van der Waals surface area contributed by atoms with Gasteiger partial charge in [-0.2, -0.15) is 0 Å². The van der Waals surface area contributed by atoms with Gasteiger partial charge in [0.25, 0.3) is 12.5 Å². The van der Waals surface area contributed by atoms with Gasteiger partial charge in [-0.25, -0.2) is 4.67 Å². The van der Waals surface area contributed by atoms with E-state index in [0.717, 1.165) is 4.67 Å². The van der Waals surface area contributed by atoms with Gasteiger partial charge in [-0.3, -0.25) is 4.79 Å². The van der Waals surface area contributed by atoms with Crippen LogP contribution in [0.25, 0.3) is 0 Å². The maximum atomic E-state index is 10.7. The Morgan fingerprint density at radius 3 is 2.50 bits per heavy atom. The number of carbonyl (C=O) groups excluding carboxylic acids is 1. The van der Waals surface area contributed by atoms with Crippen LogP contribution in [0.15, 0.2) is 0 Å². The summed E-state index contributed by atoms with van der Waals surface area (Å²) < 4.78 is 5.38. The van der Waals surface area contributed by atoms with E-state index in [0.29, 0.717) is 0 Å². The largest absolute Gasteiger partial charge is 0.351 e. The molecule has 1 aliphatic heterocycles. The van der Waals surface area contributed by atoms with Crippen LogP contribution in [-0.2, 0) is 21.3 Å². The zero-order chi connectivity index (χ0) is 7.78. The van der Waals surface area contributed by atoms with Gasteiger partial charge in [0.1, 0.15) is 13.3 Å². The molecular weight excluding hydrogens is 177 g/mol. The Labute approximate surface area is 62.4 Å². The molecule has 0 radical (unpaired) electrons. The lowest BCUT2D eigenvalue weighted by Crippen LogP contribution is -2.21. The topological polar surface area (TPSA) is 70.0 Å². The van der Waals surface area contributed by atoms with E-state index in [4.69, 9.17) is 9.79 Å². The summed E-state index contributed by atoms with van der Waals surface area (Å²) in [7, 11) is 0. The number of carbonyl (C=O) groups is 1. The van der Waals surface area contributed by atoms with Crippen molar-refractivity contribution in [1.82, 2.24) is 4.67 Å². The number of nitrogens with zero attached hydrogens (tertiary/aromatic N) is 1. The summed E-state index contributed by atoms with van der Waals surface area (Å²) in [5.41, 5.74) is 0. The van der Waals surface area contributed by atoms with Crippen molar-refractivity contribution in [2.45, 2.75) is 0 Å². The van der Waals surface area contributed by atoms with Crippen LogP contribution in [0.3, 0.4) is 0 Å². The van der Waals surface area contributed by atoms with Crippen molar-refractivity contribution in [2.24, 2.45) is 0 Å². The van der Waals surface area contributed by atoms with Gasteiger partial charge in [-0.1, -0.05) is 0 Å². The molecule has 2 N–H and O–H groups in total. The van der Waals surface area contributed by atoms with Gasteiger partial charge in [0.05, 0.1) is 0 Å². The van der Waals surface area contributed by atoms with Crippen LogP contribution in [0.4, 0.5) is 0 Å². The van der Waals surface area contributed by atoms with Gasteiger partial charge in [-0.15, -0.1) is 0 Å². The number of rotatable bonds is 1. The second-order valence-electron chi connectivity index (χ2n) is 1.78. The van der Waals surface area contributed by atoms with Crippen LogP contribution in [0.1, 0.15) is 0 Å². The molecule has 7 heteroatoms. The third kappa shape index (κ3) is 1.53. The Morgan fingerprint density at radius 1 is 1.70 bits per heavy atom. The molecule has 0 aromatic carbocycles. The van der Waals surface area contributed by atoms with Crippen LogP contribution in [0, 0.1) is 0 Å². The SMILES string of the molecule is O=C1COCN1P(O)(O)=S. The number of ether oxygens (including phenoxy) is 1. The summed E-state index contributed by atoms with van der Waals surface area (Å²) in [4.78, 5) is 28.3. The normalized spacial score (nSPS) is 20.2. The van der Waals surface area contributed by atoms with E-state index in [1.165, 1.54) is 0 Å². The van der Waals surface area contributed by atoms with Crippen molar-refractivity contribution in [1.29, 1.82) is 0 Å². The van der Waals surface area contributed by atoms with E-state index in [9.17, 15) is 4.79 Å². The summed E-state index contributed by atoms with van der Waals surface area (Å²) in [5, 5.41) is 0. The Morgan fingerprint density at radius 2 is 2.30 bits per heavy atom. The summed E-state index contributed by atoms with van der Waals surface area (Å²) in [5.74, 6) is -0.465. The Hall–Kier alpha value is -0.0000000000000000833. The second kappa shape index (κ2) is 2.56. The van der Waals surface area contributed by atoms with Gasteiger partial charge in [-0.05, 0) is 11.8 Å². The smallest absolute Gasteiger partial charge is 0.289 e. The summed E-state index contributed by atoms with van der Waals surface area (Å²) in [6.45, 7) is -3.80. The van der Waals surface area contributed by atoms with Crippen molar-refractivity contribution in [3.05, 3.63) is 0 Å². The van der Waals surface area contributed by atoms with Crippen molar-refractivity contribution >= 4 is 24.4 Å². The lowest BCUT2D eigenvalue weighted by molar-refractivity contribution is -0.123. The first-order valence-corrected chi connectivity index (χ1v) is 5.12. The maximum absolute atomic E-state index is 10.7. The molecule has 0 aliphatic carbocycles. The third-order valence-corrected chi connectivity index (χ3v) is 2.60. The molecule has 1 saturated heterocycles. The standard InChI is InChI=1S/C3H6NO4PS/c5-3-1-8-2-4(3)9(6,7)10/h1-2H2,(H2,6,7,10). The van der Waals surface area contributed by atoms with Gasteiger partial charge < -0.3 is 14.5 Å². The highest BCUT2D eigenvalue weighted by Gasteiger charge is 2.30. The average molecular weight is 183 g/mol. The maximum Gasteiger partial charge on any atom is 0.289 e. The molecule has 10 heavy (non-hydrogen) atoms. The van der Waals surface area contributed by atoms with Crippen LogP contribution in [0.5, 0.6) is 0 Å². The van der Waals surface area contributed by atoms with Crippen LogP contribution in [0.2, 0.25) is 0 Å². The lowest BCUT2D eigenvalue weighted by Gasteiger charge is -2.17. The molecule has 0 aromatic rings. The molecule has 1 amide bonds. The molecule has 1 aliphatic rings. The second-order valence-corrected chi connectivity index (χ2v) is 4.76. The fraction of sp³-hybridized carbons (Fsp3) is 0.667. The minimum absolute atomic E-state index is 0.108. The lowest BCUT2D eigenvalue weighted by atomic mass is 10.7. The monoisotopic (exact) mass is 183 g/mol. The predicted octanol–water partition coefficient (Wildman–Crippen LogP) is -0.988. The fourth-order valence-corrected chi connectivity index (χ4v) is 1.58. The highest BCUT2D eigenvalue weighted by atomic mass is 32.5. The molecule has 0 atom stereocenters. The zero-order valence-electron chi connectivity index (χ0n) is 4.93. The van der Waals surface area contributed by atoms with Gasteiger partial charge in [0.15, 0.2) is 0 Å². The minimum atomic E-state index is -3.58. The third-order valence-electron chi connectivity index (χ3n) is 1.04. The zero-order valence-corrected chi connectivity index (χ0v) is 6.64. The van der Waals surface area contributed by atoms with Gasteiger partial charge in [0.2, 0.25) is 0 Å². The molecule has 1 fully saturated rings. The van der Waals surface area contributed by atoms with Crippen LogP contribution < -0.4 is 0 Å². The Kier molecular flexibility index (Phi) is 2.07. The van der Waals surface area contributed by atoms with E-state index in [-0.39, 0.29) is 13.3 Å². The van der Waals surface area contributed by atoms with E-state index < -0.39 is 12.5 Å². The first-order chi connectivity index (χ1) is 4.52. The molecule has 1 rings (SSSR count). The molecule has 0 unspecified atom stereocenters. The molecule has 0 spiro atoms. The van der Waals surface area contributed by atoms with Crippen molar-refractivity contribution in [3.8, 4) is 0 Å². The molecular formula is C3H6NO4PS. The Balaban J connectivity index is 2.74. The number of hydrogen-bond acceptors (Lipinski definition) is 3. The van der Waals surface area contributed by atoms with E-state index in [1.807, 2.05) is 0 Å². The minimum Gasteiger partial charge on any atom is -0.351 e. The van der Waals surface area contributed by atoms with Crippen molar-refractivity contribution in [2.75, 3.05) is 13.3 Å². The first-order valence-electron chi connectivity index (χ1n) is 2.46. The van der Waals surface area contributed by atoms with Crippen LogP contribution >= 0.6 is 6.64 Å². The van der Waals surface area contributed by atoms with E-state index in [1.54, 1.807) is 0 Å². The van der Waals surface area contributed by atoms with Gasteiger partial charge >= 0.3 is 0 Å². The highest BCUT2D eigenvalue weighted by Crippen LogP contribution is 2.41. The summed E-state index contributed by atoms with van der Waals surface area (Å²) in [6.07, 6.45) is 0. The van der Waals surface area contributed by atoms with Crippen molar-refractivity contribution < 1.29 is 19.3 Å². The van der Waals surface area contributed by atoms with Crippen LogP contribution in [-0.4, -0.2) is 33.7 Å². The summed E-state index contributed by atoms with van der Waals surface area (Å²) in [6, 6.07) is 0. The molecule has 58 valence electrons. The molecule has 0 bridgehead atoms. The van der Waals surface area contributed by atoms with E-state index in [2.05, 4.69) is 16.5 Å². The fourth-order valence-electron chi connectivity index (χ4n) is 0.586. The highest BCUT2D eigenvalue weighted by molar-refractivity contribution is 8.08. The molecule has 1 heterocycles. The summed E-state index contributed by atoms with van der Waals surface area (Å²) >= 11 is 4.27. The average Bonchev–Trinajstić information content (AvgIpc) is 2.11.